The lowest BCUT2D eigenvalue weighted by atomic mass is 10.2. The molecule has 0 aliphatic rings. The normalized spacial score (nSPS) is 11.2. The Hall–Kier alpha value is -2.94. The van der Waals surface area contributed by atoms with Gasteiger partial charge in [0, 0.05) is 17.3 Å². The number of halogens is 3. The molecule has 0 unspecified atom stereocenters. The van der Waals surface area contributed by atoms with Gasteiger partial charge >= 0.3 is 6.18 Å². The van der Waals surface area contributed by atoms with Gasteiger partial charge in [0.05, 0.1) is 5.56 Å². The molecule has 0 spiro atoms. The molecule has 2 aromatic heterocycles. The van der Waals surface area contributed by atoms with Crippen molar-refractivity contribution in [2.45, 2.75) is 6.18 Å². The van der Waals surface area contributed by atoms with Gasteiger partial charge < -0.3 is 10.6 Å². The number of thiazole rings is 1. The molecule has 0 bridgehead atoms. The molecule has 0 aliphatic carbocycles. The highest BCUT2D eigenvalue weighted by molar-refractivity contribution is 7.14. The summed E-state index contributed by atoms with van der Waals surface area (Å²) >= 11 is 1.22. The number of benzene rings is 1. The van der Waals surface area contributed by atoms with E-state index in [1.165, 1.54) is 23.5 Å². The minimum Gasteiger partial charge on any atom is -0.321 e. The monoisotopic (exact) mass is 364 g/mol. The van der Waals surface area contributed by atoms with E-state index in [0.717, 1.165) is 12.1 Å². The van der Waals surface area contributed by atoms with Crippen LogP contribution in [0.3, 0.4) is 0 Å². The summed E-state index contributed by atoms with van der Waals surface area (Å²) in [5, 5.41) is 7.50. The molecule has 0 saturated heterocycles. The van der Waals surface area contributed by atoms with Crippen LogP contribution in [-0.4, -0.2) is 15.9 Å². The Labute approximate surface area is 144 Å². The molecule has 3 rings (SSSR count). The van der Waals surface area contributed by atoms with Crippen LogP contribution in [0.1, 0.15) is 16.1 Å². The number of aromatic nitrogens is 2. The number of pyridine rings is 1. The predicted octanol–water partition coefficient (Wildman–Crippen LogP) is 4.55. The lowest BCUT2D eigenvalue weighted by molar-refractivity contribution is -0.137. The van der Waals surface area contributed by atoms with Gasteiger partial charge in [0.15, 0.2) is 5.13 Å². The third kappa shape index (κ3) is 4.32. The minimum atomic E-state index is -4.41. The highest BCUT2D eigenvalue weighted by atomic mass is 32.1. The van der Waals surface area contributed by atoms with Crippen molar-refractivity contribution in [2.75, 3.05) is 10.6 Å². The van der Waals surface area contributed by atoms with E-state index >= 15 is 0 Å². The number of anilines is 3. The lowest BCUT2D eigenvalue weighted by Gasteiger charge is -2.08. The van der Waals surface area contributed by atoms with Crippen LogP contribution in [0.2, 0.25) is 0 Å². The van der Waals surface area contributed by atoms with E-state index in [4.69, 9.17) is 0 Å². The van der Waals surface area contributed by atoms with Crippen molar-refractivity contribution in [1.82, 2.24) is 9.97 Å². The minimum absolute atomic E-state index is 0.156. The Balaban J connectivity index is 1.66. The zero-order chi connectivity index (χ0) is 17.9. The van der Waals surface area contributed by atoms with Gasteiger partial charge in [-0.15, -0.1) is 11.3 Å². The molecule has 0 fully saturated rings. The molecule has 2 heterocycles. The number of hydrogen-bond acceptors (Lipinski definition) is 5. The number of alkyl halides is 3. The third-order valence-electron chi connectivity index (χ3n) is 3.11. The number of nitrogens with one attached hydrogen (secondary N) is 2. The van der Waals surface area contributed by atoms with E-state index in [-0.39, 0.29) is 11.4 Å². The van der Waals surface area contributed by atoms with Crippen LogP contribution < -0.4 is 10.6 Å². The molecule has 9 heteroatoms. The second-order valence-corrected chi connectivity index (χ2v) is 5.77. The number of amides is 1. The van der Waals surface area contributed by atoms with E-state index in [2.05, 4.69) is 20.6 Å². The molecular formula is C16H11F3N4OS. The maximum atomic E-state index is 12.5. The fourth-order valence-electron chi connectivity index (χ4n) is 1.92. The highest BCUT2D eigenvalue weighted by Gasteiger charge is 2.30. The molecule has 1 aromatic carbocycles. The number of carbonyl (C=O) groups is 1. The van der Waals surface area contributed by atoms with Crippen molar-refractivity contribution in [3.05, 3.63) is 65.3 Å². The van der Waals surface area contributed by atoms with Crippen molar-refractivity contribution in [1.29, 1.82) is 0 Å². The molecule has 0 saturated carbocycles. The van der Waals surface area contributed by atoms with Crippen molar-refractivity contribution < 1.29 is 18.0 Å². The Morgan fingerprint density at radius 2 is 1.84 bits per heavy atom. The van der Waals surface area contributed by atoms with E-state index in [9.17, 15) is 18.0 Å². The average Bonchev–Trinajstić information content (AvgIpc) is 3.04. The number of hydrogen-bond donors (Lipinski definition) is 2. The van der Waals surface area contributed by atoms with Crippen LogP contribution in [0.15, 0.2) is 54.0 Å². The van der Waals surface area contributed by atoms with Crippen LogP contribution in [0.25, 0.3) is 0 Å². The lowest BCUT2D eigenvalue weighted by Crippen LogP contribution is -2.13. The van der Waals surface area contributed by atoms with E-state index in [1.807, 2.05) is 0 Å². The van der Waals surface area contributed by atoms with Gasteiger partial charge in [-0.25, -0.2) is 9.97 Å². The molecule has 3 aromatic rings. The molecule has 0 atom stereocenters. The van der Waals surface area contributed by atoms with Crippen molar-refractivity contribution in [3.63, 3.8) is 0 Å². The molecule has 0 radical (unpaired) electrons. The molecular weight excluding hydrogens is 353 g/mol. The van der Waals surface area contributed by atoms with Crippen LogP contribution in [0.4, 0.5) is 29.8 Å². The first-order chi connectivity index (χ1) is 11.9. The highest BCUT2D eigenvalue weighted by Crippen LogP contribution is 2.30. The first-order valence-electron chi connectivity index (χ1n) is 7.04. The summed E-state index contributed by atoms with van der Waals surface area (Å²) in [5.74, 6) is 0.0802. The molecule has 128 valence electrons. The van der Waals surface area contributed by atoms with Gasteiger partial charge in [-0.1, -0.05) is 6.07 Å². The quantitative estimate of drug-likeness (QED) is 0.713. The maximum absolute atomic E-state index is 12.5. The molecule has 5 nitrogen and oxygen atoms in total. The standard InChI is InChI=1S/C16H11F3N4OS/c17-16(18,19)10-4-6-11(7-5-10)21-14(24)12-9-25-15(22-12)23-13-3-1-2-8-20-13/h1-9H,(H,21,24)(H,20,22,23). The van der Waals surface area contributed by atoms with Crippen molar-refractivity contribution in [3.8, 4) is 0 Å². The van der Waals surface area contributed by atoms with Crippen LogP contribution >= 0.6 is 11.3 Å². The molecule has 0 aliphatic heterocycles. The Bertz CT molecular complexity index is 863. The van der Waals surface area contributed by atoms with Gasteiger partial charge in [-0.2, -0.15) is 13.2 Å². The first kappa shape index (κ1) is 16.9. The van der Waals surface area contributed by atoms with Crippen LogP contribution in [0.5, 0.6) is 0 Å². The van der Waals surface area contributed by atoms with Gasteiger partial charge in [0.25, 0.3) is 5.91 Å². The van der Waals surface area contributed by atoms with E-state index < -0.39 is 17.6 Å². The average molecular weight is 364 g/mol. The maximum Gasteiger partial charge on any atom is 0.416 e. The molecule has 25 heavy (non-hydrogen) atoms. The summed E-state index contributed by atoms with van der Waals surface area (Å²) in [6, 6.07) is 9.54. The fraction of sp³-hybridized carbons (Fsp3) is 0.0625. The summed E-state index contributed by atoms with van der Waals surface area (Å²) in [6.45, 7) is 0. The second-order valence-electron chi connectivity index (χ2n) is 4.91. The molecule has 2 N–H and O–H groups in total. The van der Waals surface area contributed by atoms with E-state index in [0.29, 0.717) is 10.9 Å². The smallest absolute Gasteiger partial charge is 0.321 e. The Morgan fingerprint density at radius 1 is 1.08 bits per heavy atom. The fourth-order valence-corrected chi connectivity index (χ4v) is 2.62. The topological polar surface area (TPSA) is 66.9 Å². The summed E-state index contributed by atoms with van der Waals surface area (Å²) in [4.78, 5) is 20.3. The number of carbonyl (C=O) groups excluding carboxylic acids is 1. The Morgan fingerprint density at radius 3 is 2.48 bits per heavy atom. The second kappa shape index (κ2) is 6.89. The van der Waals surface area contributed by atoms with Crippen LogP contribution in [-0.2, 0) is 6.18 Å². The number of nitrogens with zero attached hydrogens (tertiary/aromatic N) is 2. The largest absolute Gasteiger partial charge is 0.416 e. The first-order valence-corrected chi connectivity index (χ1v) is 7.92. The summed E-state index contributed by atoms with van der Waals surface area (Å²) in [5.41, 5.74) is -0.366. The zero-order valence-electron chi connectivity index (χ0n) is 12.5. The predicted molar refractivity (Wildman–Crippen MR) is 89.0 cm³/mol. The zero-order valence-corrected chi connectivity index (χ0v) is 13.4. The molecule has 1 amide bonds. The van der Waals surface area contributed by atoms with Crippen LogP contribution in [0, 0.1) is 0 Å². The third-order valence-corrected chi connectivity index (χ3v) is 3.86. The van der Waals surface area contributed by atoms with Gasteiger partial charge in [-0.3, -0.25) is 4.79 Å². The summed E-state index contributed by atoms with van der Waals surface area (Å²) in [6.07, 6.45) is -2.79. The van der Waals surface area contributed by atoms with Crippen molar-refractivity contribution >= 4 is 33.9 Å². The SMILES string of the molecule is O=C(Nc1ccc(C(F)(F)F)cc1)c1csc(Nc2ccccn2)n1. The number of rotatable bonds is 4. The summed E-state index contributed by atoms with van der Waals surface area (Å²) < 4.78 is 37.6. The van der Waals surface area contributed by atoms with Gasteiger partial charge in [0.1, 0.15) is 11.5 Å². The van der Waals surface area contributed by atoms with Gasteiger partial charge in [0.2, 0.25) is 0 Å². The summed E-state index contributed by atoms with van der Waals surface area (Å²) in [7, 11) is 0. The van der Waals surface area contributed by atoms with E-state index in [1.54, 1.807) is 29.8 Å². The van der Waals surface area contributed by atoms with Gasteiger partial charge in [-0.05, 0) is 36.4 Å². The Kier molecular flexibility index (Phi) is 4.66. The van der Waals surface area contributed by atoms with Crippen molar-refractivity contribution in [2.24, 2.45) is 0 Å².